The van der Waals surface area contributed by atoms with Crippen LogP contribution in [-0.4, -0.2) is 28.7 Å². The zero-order valence-corrected chi connectivity index (χ0v) is 14.3. The predicted octanol–water partition coefficient (Wildman–Crippen LogP) is 3.93. The molecule has 0 radical (unpaired) electrons. The highest BCUT2D eigenvalue weighted by atomic mass is 16.5. The highest BCUT2D eigenvalue weighted by molar-refractivity contribution is 5.86. The van der Waals surface area contributed by atoms with Crippen LogP contribution in [0.2, 0.25) is 0 Å². The third-order valence-electron chi connectivity index (χ3n) is 4.87. The van der Waals surface area contributed by atoms with Crippen molar-refractivity contribution in [2.45, 2.75) is 25.9 Å². The van der Waals surface area contributed by atoms with Crippen molar-refractivity contribution in [1.29, 1.82) is 0 Å². The zero-order chi connectivity index (χ0) is 16.5. The molecule has 1 aliphatic heterocycles. The first-order valence-electron chi connectivity index (χ1n) is 8.59. The Labute approximate surface area is 142 Å². The lowest BCUT2D eigenvalue weighted by Gasteiger charge is -2.33. The zero-order valence-electron chi connectivity index (χ0n) is 14.3. The van der Waals surface area contributed by atoms with Gasteiger partial charge in [-0.05, 0) is 37.3 Å². The van der Waals surface area contributed by atoms with Gasteiger partial charge in [0.2, 0.25) is 0 Å². The van der Waals surface area contributed by atoms with Crippen LogP contribution in [-0.2, 0) is 7.05 Å². The van der Waals surface area contributed by atoms with Crippen molar-refractivity contribution in [3.63, 3.8) is 0 Å². The molecule has 0 unspecified atom stereocenters. The van der Waals surface area contributed by atoms with Crippen molar-refractivity contribution in [2.24, 2.45) is 7.05 Å². The van der Waals surface area contributed by atoms with Gasteiger partial charge in [-0.1, -0.05) is 6.07 Å². The lowest BCUT2D eigenvalue weighted by Crippen LogP contribution is -2.38. The molecule has 4 heteroatoms. The Bertz CT molecular complexity index is 847. The van der Waals surface area contributed by atoms with E-state index in [1.807, 2.05) is 13.1 Å². The number of ether oxygens (including phenoxy) is 1. The van der Waals surface area contributed by atoms with Crippen LogP contribution in [0.5, 0.6) is 5.75 Å². The van der Waals surface area contributed by atoms with Gasteiger partial charge in [0.05, 0.1) is 5.52 Å². The van der Waals surface area contributed by atoms with Gasteiger partial charge in [-0.2, -0.15) is 0 Å². The minimum Gasteiger partial charge on any atom is -0.490 e. The average molecular weight is 321 g/mol. The van der Waals surface area contributed by atoms with Gasteiger partial charge in [0.1, 0.15) is 11.9 Å². The summed E-state index contributed by atoms with van der Waals surface area (Å²) in [6.45, 7) is 4.09. The van der Waals surface area contributed by atoms with E-state index in [-0.39, 0.29) is 6.10 Å². The molecule has 1 aliphatic rings. The van der Waals surface area contributed by atoms with Crippen molar-refractivity contribution in [1.82, 2.24) is 9.55 Å². The second kappa shape index (κ2) is 6.19. The highest BCUT2D eigenvalue weighted by Gasteiger charge is 2.21. The number of nitrogens with zero attached hydrogens (tertiary/aromatic N) is 3. The Balaban J connectivity index is 1.44. The maximum absolute atomic E-state index is 6.34. The minimum absolute atomic E-state index is 0.287. The van der Waals surface area contributed by atoms with Gasteiger partial charge in [-0.3, -0.25) is 4.98 Å². The number of benzene rings is 1. The number of hydrogen-bond donors (Lipinski definition) is 0. The first-order valence-corrected chi connectivity index (χ1v) is 8.59. The Morgan fingerprint density at radius 1 is 1.12 bits per heavy atom. The molecule has 0 amide bonds. The molecule has 1 aromatic carbocycles. The second-order valence-corrected chi connectivity index (χ2v) is 6.58. The molecule has 0 atom stereocenters. The Morgan fingerprint density at radius 2 is 1.96 bits per heavy atom. The highest BCUT2D eigenvalue weighted by Crippen LogP contribution is 2.29. The summed E-state index contributed by atoms with van der Waals surface area (Å²) in [5.41, 5.74) is 3.56. The largest absolute Gasteiger partial charge is 0.490 e. The third kappa shape index (κ3) is 2.84. The Morgan fingerprint density at radius 3 is 2.75 bits per heavy atom. The molecule has 0 saturated carbocycles. The Hall–Kier alpha value is -2.49. The monoisotopic (exact) mass is 321 g/mol. The van der Waals surface area contributed by atoms with Gasteiger partial charge < -0.3 is 14.2 Å². The van der Waals surface area contributed by atoms with Crippen LogP contribution in [0.25, 0.3) is 10.9 Å². The molecule has 4 nitrogen and oxygen atoms in total. The molecule has 0 spiro atoms. The second-order valence-electron chi connectivity index (χ2n) is 6.58. The summed E-state index contributed by atoms with van der Waals surface area (Å²) in [6, 6.07) is 12.7. The van der Waals surface area contributed by atoms with E-state index in [0.717, 1.165) is 37.4 Å². The number of piperidine rings is 1. The molecule has 0 bridgehead atoms. The molecule has 4 rings (SSSR count). The molecule has 3 aromatic rings. The van der Waals surface area contributed by atoms with E-state index in [9.17, 15) is 0 Å². The smallest absolute Gasteiger partial charge is 0.129 e. The van der Waals surface area contributed by atoms with E-state index in [2.05, 4.69) is 64.1 Å². The quantitative estimate of drug-likeness (QED) is 0.732. The molecular weight excluding hydrogens is 298 g/mol. The average Bonchev–Trinajstić information content (AvgIpc) is 2.98. The maximum atomic E-state index is 6.34. The lowest BCUT2D eigenvalue weighted by molar-refractivity contribution is 0.173. The first kappa shape index (κ1) is 15.1. The minimum atomic E-state index is 0.287. The number of rotatable bonds is 3. The summed E-state index contributed by atoms with van der Waals surface area (Å²) in [4.78, 5) is 6.71. The van der Waals surface area contributed by atoms with Gasteiger partial charge in [0.15, 0.2) is 0 Å². The third-order valence-corrected chi connectivity index (χ3v) is 4.87. The summed E-state index contributed by atoms with van der Waals surface area (Å²) < 4.78 is 8.47. The van der Waals surface area contributed by atoms with E-state index in [1.54, 1.807) is 0 Å². The lowest BCUT2D eigenvalue weighted by atomic mass is 10.1. The molecule has 0 N–H and O–H groups in total. The van der Waals surface area contributed by atoms with E-state index in [1.165, 1.54) is 16.6 Å². The fourth-order valence-corrected chi connectivity index (χ4v) is 3.52. The Kier molecular flexibility index (Phi) is 3.89. The number of anilines is 1. The van der Waals surface area contributed by atoms with E-state index < -0.39 is 0 Å². The van der Waals surface area contributed by atoms with E-state index in [4.69, 9.17) is 4.74 Å². The summed E-state index contributed by atoms with van der Waals surface area (Å²) in [7, 11) is 2.07. The normalized spacial score (nSPS) is 15.8. The van der Waals surface area contributed by atoms with E-state index in [0.29, 0.717) is 0 Å². The van der Waals surface area contributed by atoms with Crippen LogP contribution >= 0.6 is 0 Å². The predicted molar refractivity (Wildman–Crippen MR) is 97.8 cm³/mol. The molecule has 0 aliphatic carbocycles. The molecule has 3 heterocycles. The summed E-state index contributed by atoms with van der Waals surface area (Å²) in [5.74, 6) is 1.01. The van der Waals surface area contributed by atoms with Gasteiger partial charge in [-0.15, -0.1) is 0 Å². The van der Waals surface area contributed by atoms with Crippen LogP contribution in [0.3, 0.4) is 0 Å². The number of pyridine rings is 1. The summed E-state index contributed by atoms with van der Waals surface area (Å²) >= 11 is 0. The van der Waals surface area contributed by atoms with Gasteiger partial charge in [0, 0.05) is 62.1 Å². The molecule has 2 aromatic heterocycles. The molecular formula is C20H23N3O. The van der Waals surface area contributed by atoms with Crippen molar-refractivity contribution in [3.8, 4) is 5.75 Å². The first-order chi connectivity index (χ1) is 11.7. The van der Waals surface area contributed by atoms with E-state index >= 15 is 0 Å². The number of aryl methyl sites for hydroxylation is 2. The number of hydrogen-bond acceptors (Lipinski definition) is 3. The molecule has 1 saturated heterocycles. The van der Waals surface area contributed by atoms with Crippen molar-refractivity contribution in [2.75, 3.05) is 18.0 Å². The van der Waals surface area contributed by atoms with Gasteiger partial charge in [-0.25, -0.2) is 0 Å². The maximum Gasteiger partial charge on any atom is 0.129 e. The standard InChI is InChI=1S/C20H23N3O/c1-15-14-16(6-10-21-15)23-12-7-17(8-13-23)24-20-5-3-4-19-18(20)9-11-22(19)2/h3-6,9-11,14,17H,7-8,12-13H2,1-2H3. The topological polar surface area (TPSA) is 30.3 Å². The molecule has 124 valence electrons. The fourth-order valence-electron chi connectivity index (χ4n) is 3.52. The number of aromatic nitrogens is 2. The van der Waals surface area contributed by atoms with Crippen LogP contribution in [0.4, 0.5) is 5.69 Å². The molecule has 1 fully saturated rings. The fraction of sp³-hybridized carbons (Fsp3) is 0.350. The summed E-state index contributed by atoms with van der Waals surface area (Å²) in [6.07, 6.45) is 6.36. The summed E-state index contributed by atoms with van der Waals surface area (Å²) in [5, 5.41) is 1.20. The SMILES string of the molecule is Cc1cc(N2CCC(Oc3cccc4c3ccn4C)CC2)ccn1. The van der Waals surface area contributed by atoms with Crippen molar-refractivity contribution < 1.29 is 4.74 Å². The molecule has 24 heavy (non-hydrogen) atoms. The van der Waals surface area contributed by atoms with Gasteiger partial charge >= 0.3 is 0 Å². The van der Waals surface area contributed by atoms with Crippen LogP contribution in [0.15, 0.2) is 48.8 Å². The number of fused-ring (bicyclic) bond motifs is 1. The van der Waals surface area contributed by atoms with Crippen molar-refractivity contribution in [3.05, 3.63) is 54.5 Å². The van der Waals surface area contributed by atoms with Crippen LogP contribution in [0, 0.1) is 6.92 Å². The van der Waals surface area contributed by atoms with Crippen LogP contribution in [0.1, 0.15) is 18.5 Å². The van der Waals surface area contributed by atoms with Gasteiger partial charge in [0.25, 0.3) is 0 Å². The van der Waals surface area contributed by atoms with Crippen LogP contribution < -0.4 is 9.64 Å². The van der Waals surface area contributed by atoms with Crippen molar-refractivity contribution >= 4 is 16.6 Å².